The highest BCUT2D eigenvalue weighted by molar-refractivity contribution is 6.21. The van der Waals surface area contributed by atoms with Crippen LogP contribution in [0, 0.1) is 11.3 Å². The fourth-order valence-corrected chi connectivity index (χ4v) is 3.86. The molecule has 0 aromatic rings. The highest BCUT2D eigenvalue weighted by Gasteiger charge is 2.52. The van der Waals surface area contributed by atoms with E-state index >= 15 is 0 Å². The van der Waals surface area contributed by atoms with Crippen LogP contribution in [0.25, 0.3) is 0 Å². The Morgan fingerprint density at radius 2 is 1.88 bits per heavy atom. The average Bonchev–Trinajstić information content (AvgIpc) is 2.37. The number of hydrogen-bond donors (Lipinski definition) is 0. The van der Waals surface area contributed by atoms with E-state index in [-0.39, 0.29) is 5.41 Å². The van der Waals surface area contributed by atoms with Gasteiger partial charge in [0.25, 0.3) is 0 Å². The third kappa shape index (κ3) is 2.64. The predicted octanol–water partition coefficient (Wildman–Crippen LogP) is 3.62. The molecule has 1 saturated carbocycles. The Kier molecular flexibility index (Phi) is 4.73. The van der Waals surface area contributed by atoms with Crippen molar-refractivity contribution in [2.45, 2.75) is 57.4 Å². The summed E-state index contributed by atoms with van der Waals surface area (Å²) in [5.41, 5.74) is 0.243. The second kappa shape index (κ2) is 5.90. The number of rotatable bonds is 5. The molecule has 0 spiro atoms. The van der Waals surface area contributed by atoms with Crippen LogP contribution in [0.3, 0.4) is 0 Å². The Morgan fingerprint density at radius 1 is 1.24 bits per heavy atom. The maximum absolute atomic E-state index is 6.39. The topological polar surface area (TPSA) is 18.5 Å². The van der Waals surface area contributed by atoms with Crippen LogP contribution in [0.4, 0.5) is 0 Å². The summed E-state index contributed by atoms with van der Waals surface area (Å²) in [6.45, 7) is 7.19. The molecule has 17 heavy (non-hydrogen) atoms. The van der Waals surface area contributed by atoms with Crippen LogP contribution in [0.2, 0.25) is 0 Å². The molecule has 2 unspecified atom stereocenters. The zero-order valence-corrected chi connectivity index (χ0v) is 11.8. The first-order valence-corrected chi connectivity index (χ1v) is 7.50. The number of ether oxygens (including phenoxy) is 2. The number of halogens is 1. The Morgan fingerprint density at radius 3 is 2.41 bits per heavy atom. The SMILES string of the molecule is CCC1(CC)C(Cl)CC1OCC1CCOCC1. The van der Waals surface area contributed by atoms with Gasteiger partial charge in [-0.05, 0) is 38.0 Å². The summed E-state index contributed by atoms with van der Waals surface area (Å²) >= 11 is 6.39. The standard InChI is InChI=1S/C14H25ClO2/c1-3-14(4-2)12(15)9-13(14)17-10-11-5-7-16-8-6-11/h11-13H,3-10H2,1-2H3. The Hall–Kier alpha value is 0.210. The van der Waals surface area contributed by atoms with Crippen molar-refractivity contribution in [2.75, 3.05) is 19.8 Å². The summed E-state index contributed by atoms with van der Waals surface area (Å²) in [5.74, 6) is 0.699. The quantitative estimate of drug-likeness (QED) is 0.703. The average molecular weight is 261 g/mol. The monoisotopic (exact) mass is 260 g/mol. The lowest BCUT2D eigenvalue weighted by atomic mass is 9.62. The van der Waals surface area contributed by atoms with Crippen molar-refractivity contribution in [3.8, 4) is 0 Å². The normalized spacial score (nSPS) is 33.4. The molecule has 3 heteroatoms. The van der Waals surface area contributed by atoms with Crippen LogP contribution in [0.1, 0.15) is 46.0 Å². The van der Waals surface area contributed by atoms with E-state index in [2.05, 4.69) is 13.8 Å². The van der Waals surface area contributed by atoms with Gasteiger partial charge in [-0.15, -0.1) is 11.6 Å². The maximum Gasteiger partial charge on any atom is 0.0659 e. The van der Waals surface area contributed by atoms with Gasteiger partial charge in [0.15, 0.2) is 0 Å². The van der Waals surface area contributed by atoms with E-state index in [9.17, 15) is 0 Å². The van der Waals surface area contributed by atoms with E-state index in [0.29, 0.717) is 17.4 Å². The lowest BCUT2D eigenvalue weighted by Gasteiger charge is -2.53. The van der Waals surface area contributed by atoms with E-state index in [0.717, 1.165) is 51.9 Å². The fourth-order valence-electron chi connectivity index (χ4n) is 3.25. The lowest BCUT2D eigenvalue weighted by molar-refractivity contribution is -0.126. The Balaban J connectivity index is 1.79. The van der Waals surface area contributed by atoms with Crippen molar-refractivity contribution < 1.29 is 9.47 Å². The Labute approximate surface area is 110 Å². The summed E-state index contributed by atoms with van der Waals surface area (Å²) in [4.78, 5) is 0. The number of alkyl halides is 1. The van der Waals surface area contributed by atoms with E-state index in [4.69, 9.17) is 21.1 Å². The molecule has 0 amide bonds. The van der Waals surface area contributed by atoms with Gasteiger partial charge in [-0.3, -0.25) is 0 Å². The molecule has 0 aromatic heterocycles. The van der Waals surface area contributed by atoms with E-state index in [1.54, 1.807) is 0 Å². The third-order valence-corrected chi connectivity index (χ3v) is 5.49. The second-order valence-electron chi connectivity index (χ2n) is 5.52. The molecule has 1 aliphatic heterocycles. The molecule has 2 fully saturated rings. The molecule has 0 aromatic carbocycles. The smallest absolute Gasteiger partial charge is 0.0659 e. The van der Waals surface area contributed by atoms with Crippen molar-refractivity contribution in [3.63, 3.8) is 0 Å². The maximum atomic E-state index is 6.39. The van der Waals surface area contributed by atoms with E-state index in [1.165, 1.54) is 0 Å². The van der Waals surface area contributed by atoms with Crippen LogP contribution >= 0.6 is 11.6 Å². The predicted molar refractivity (Wildman–Crippen MR) is 70.6 cm³/mol. The van der Waals surface area contributed by atoms with E-state index < -0.39 is 0 Å². The van der Waals surface area contributed by atoms with E-state index in [1.807, 2.05) is 0 Å². The lowest BCUT2D eigenvalue weighted by Crippen LogP contribution is -2.55. The first kappa shape index (κ1) is 13.6. The first-order valence-electron chi connectivity index (χ1n) is 7.06. The van der Waals surface area contributed by atoms with Crippen molar-refractivity contribution in [2.24, 2.45) is 11.3 Å². The zero-order valence-electron chi connectivity index (χ0n) is 11.1. The summed E-state index contributed by atoms with van der Waals surface area (Å²) in [5, 5.41) is 0.317. The molecule has 1 saturated heterocycles. The number of hydrogen-bond acceptors (Lipinski definition) is 2. The minimum atomic E-state index is 0.243. The molecule has 0 N–H and O–H groups in total. The fraction of sp³-hybridized carbons (Fsp3) is 1.00. The largest absolute Gasteiger partial charge is 0.381 e. The van der Waals surface area contributed by atoms with Crippen molar-refractivity contribution in [1.29, 1.82) is 0 Å². The summed E-state index contributed by atoms with van der Waals surface area (Å²) in [6.07, 6.45) is 6.01. The molecule has 1 aliphatic carbocycles. The van der Waals surface area contributed by atoms with Gasteiger partial charge >= 0.3 is 0 Å². The molecule has 1 heterocycles. The van der Waals surface area contributed by atoms with Crippen molar-refractivity contribution >= 4 is 11.6 Å². The highest BCUT2D eigenvalue weighted by Crippen LogP contribution is 2.52. The zero-order chi connectivity index (χ0) is 12.3. The molecule has 0 radical (unpaired) electrons. The molecule has 0 bridgehead atoms. The molecule has 100 valence electrons. The highest BCUT2D eigenvalue weighted by atomic mass is 35.5. The van der Waals surface area contributed by atoms with Crippen molar-refractivity contribution in [1.82, 2.24) is 0 Å². The molecular weight excluding hydrogens is 236 g/mol. The minimum absolute atomic E-state index is 0.243. The van der Waals surface area contributed by atoms with Crippen LogP contribution in [-0.2, 0) is 9.47 Å². The molecule has 2 aliphatic rings. The second-order valence-corrected chi connectivity index (χ2v) is 6.05. The van der Waals surface area contributed by atoms with Gasteiger partial charge in [0.05, 0.1) is 6.10 Å². The molecule has 2 rings (SSSR count). The van der Waals surface area contributed by atoms with Gasteiger partial charge in [0.1, 0.15) is 0 Å². The summed E-state index contributed by atoms with van der Waals surface area (Å²) in [6, 6.07) is 0. The Bertz CT molecular complexity index is 234. The van der Waals surface area contributed by atoms with Gasteiger partial charge in [0, 0.05) is 30.6 Å². The van der Waals surface area contributed by atoms with Crippen molar-refractivity contribution in [3.05, 3.63) is 0 Å². The molecular formula is C14H25ClO2. The van der Waals surface area contributed by atoms with Crippen LogP contribution in [0.15, 0.2) is 0 Å². The summed E-state index contributed by atoms with van der Waals surface area (Å²) < 4.78 is 11.5. The van der Waals surface area contributed by atoms with Gasteiger partial charge in [-0.1, -0.05) is 13.8 Å². The van der Waals surface area contributed by atoms with Gasteiger partial charge < -0.3 is 9.47 Å². The van der Waals surface area contributed by atoms with Crippen LogP contribution in [0.5, 0.6) is 0 Å². The van der Waals surface area contributed by atoms with Gasteiger partial charge in [-0.25, -0.2) is 0 Å². The van der Waals surface area contributed by atoms with Gasteiger partial charge in [0.2, 0.25) is 0 Å². The minimum Gasteiger partial charge on any atom is -0.381 e. The first-order chi connectivity index (χ1) is 8.23. The third-order valence-electron chi connectivity index (χ3n) is 4.88. The molecule has 2 atom stereocenters. The van der Waals surface area contributed by atoms with Crippen LogP contribution < -0.4 is 0 Å². The van der Waals surface area contributed by atoms with Gasteiger partial charge in [-0.2, -0.15) is 0 Å². The summed E-state index contributed by atoms with van der Waals surface area (Å²) in [7, 11) is 0. The molecule has 2 nitrogen and oxygen atoms in total. The van der Waals surface area contributed by atoms with Crippen LogP contribution in [-0.4, -0.2) is 31.3 Å².